The van der Waals surface area contributed by atoms with Crippen molar-refractivity contribution in [2.75, 3.05) is 11.9 Å². The van der Waals surface area contributed by atoms with Crippen molar-refractivity contribution < 1.29 is 18.7 Å². The van der Waals surface area contributed by atoms with Crippen LogP contribution >= 0.6 is 15.9 Å². The molecule has 1 aromatic heterocycles. The minimum atomic E-state index is -0.561. The number of nitrogens with one attached hydrogen (secondary N) is 2. The molecular weight excluding hydrogens is 481 g/mol. The molecule has 1 aliphatic heterocycles. The van der Waals surface area contributed by atoms with Gasteiger partial charge in [0.05, 0.1) is 11.6 Å². The lowest BCUT2D eigenvalue weighted by Gasteiger charge is -2.24. The van der Waals surface area contributed by atoms with Gasteiger partial charge >= 0.3 is 0 Å². The van der Waals surface area contributed by atoms with Crippen molar-refractivity contribution in [2.24, 2.45) is 5.73 Å². The van der Waals surface area contributed by atoms with Crippen LogP contribution in [0.2, 0.25) is 0 Å². The normalized spacial score (nSPS) is 14.9. The fraction of sp³-hybridized carbons (Fsp3) is 0.136. The van der Waals surface area contributed by atoms with Gasteiger partial charge < -0.3 is 20.5 Å². The Hall–Kier alpha value is -3.84. The second-order valence-electron chi connectivity index (χ2n) is 7.03. The summed E-state index contributed by atoms with van der Waals surface area (Å²) in [4.78, 5) is 12.2. The molecule has 0 aliphatic carbocycles. The number of halogens is 2. The number of aromatic amines is 1. The van der Waals surface area contributed by atoms with Crippen LogP contribution in [0.4, 0.5) is 10.1 Å². The molecule has 3 aromatic rings. The number of fused-ring (bicyclic) bond motifs is 1. The SMILES string of the molecule is Cc1[nH]nc2c1C(c1cccc(OCC(=O)Nc3ccc(Br)cc3F)c1)C(C#N)=C(N)O2. The summed E-state index contributed by atoms with van der Waals surface area (Å²) < 4.78 is 25.6. The molecule has 2 heterocycles. The maximum absolute atomic E-state index is 13.9. The molecule has 32 heavy (non-hydrogen) atoms. The van der Waals surface area contributed by atoms with Crippen LogP contribution in [0.1, 0.15) is 22.7 Å². The van der Waals surface area contributed by atoms with Crippen LogP contribution in [0, 0.1) is 24.1 Å². The van der Waals surface area contributed by atoms with E-state index in [1.54, 1.807) is 24.3 Å². The van der Waals surface area contributed by atoms with Gasteiger partial charge in [0.25, 0.3) is 5.91 Å². The Bertz CT molecular complexity index is 1280. The zero-order valence-corrected chi connectivity index (χ0v) is 18.4. The van der Waals surface area contributed by atoms with Crippen molar-refractivity contribution in [3.8, 4) is 17.7 Å². The topological polar surface area (TPSA) is 126 Å². The van der Waals surface area contributed by atoms with E-state index in [0.717, 1.165) is 11.3 Å². The zero-order valence-electron chi connectivity index (χ0n) is 16.8. The second-order valence-corrected chi connectivity index (χ2v) is 7.94. The first-order chi connectivity index (χ1) is 15.4. The molecule has 0 fully saturated rings. The minimum Gasteiger partial charge on any atom is -0.484 e. The Balaban J connectivity index is 1.53. The largest absolute Gasteiger partial charge is 0.484 e. The van der Waals surface area contributed by atoms with Gasteiger partial charge in [-0.2, -0.15) is 5.26 Å². The number of nitriles is 1. The van der Waals surface area contributed by atoms with Gasteiger partial charge in [-0.15, -0.1) is 5.10 Å². The highest BCUT2D eigenvalue weighted by atomic mass is 79.9. The van der Waals surface area contributed by atoms with Gasteiger partial charge in [0, 0.05) is 15.7 Å². The van der Waals surface area contributed by atoms with Gasteiger partial charge in [0.2, 0.25) is 11.8 Å². The van der Waals surface area contributed by atoms with Crippen LogP contribution in [-0.4, -0.2) is 22.7 Å². The van der Waals surface area contributed by atoms with E-state index in [1.807, 2.05) is 13.0 Å². The lowest BCUT2D eigenvalue weighted by molar-refractivity contribution is -0.118. The maximum atomic E-state index is 13.9. The van der Waals surface area contributed by atoms with Crippen LogP contribution in [0.3, 0.4) is 0 Å². The van der Waals surface area contributed by atoms with E-state index >= 15 is 0 Å². The maximum Gasteiger partial charge on any atom is 0.262 e. The Morgan fingerprint density at radius 3 is 2.97 bits per heavy atom. The number of benzene rings is 2. The molecule has 1 amide bonds. The molecule has 4 N–H and O–H groups in total. The fourth-order valence-corrected chi connectivity index (χ4v) is 3.78. The standard InChI is InChI=1S/C22H17BrFN5O3/c1-11-19-20(15(9-25)21(26)32-22(19)29-28-11)12-3-2-4-14(7-12)31-10-18(30)27-17-6-5-13(23)8-16(17)24/h2-8,20H,10,26H2,1H3,(H,27,30)(H,28,29). The van der Waals surface area contributed by atoms with Crippen LogP contribution in [0.25, 0.3) is 0 Å². The van der Waals surface area contributed by atoms with Crippen molar-refractivity contribution in [3.05, 3.63) is 81.0 Å². The second kappa shape index (κ2) is 8.72. The van der Waals surface area contributed by atoms with Crippen LogP contribution in [0.15, 0.2) is 58.4 Å². The van der Waals surface area contributed by atoms with Crippen molar-refractivity contribution in [1.82, 2.24) is 10.2 Å². The molecule has 1 unspecified atom stereocenters. The van der Waals surface area contributed by atoms with Gasteiger partial charge in [-0.3, -0.25) is 9.89 Å². The number of ether oxygens (including phenoxy) is 2. The molecule has 0 spiro atoms. The summed E-state index contributed by atoms with van der Waals surface area (Å²) in [7, 11) is 0. The number of allylic oxidation sites excluding steroid dienone is 1. The van der Waals surface area contributed by atoms with Crippen LogP contribution in [-0.2, 0) is 4.79 Å². The molecule has 0 saturated heterocycles. The number of H-pyrrole nitrogens is 1. The van der Waals surface area contributed by atoms with Crippen molar-refractivity contribution in [1.29, 1.82) is 5.26 Å². The number of nitrogens with two attached hydrogens (primary N) is 1. The first-order valence-corrected chi connectivity index (χ1v) is 10.3. The summed E-state index contributed by atoms with van der Waals surface area (Å²) in [6.07, 6.45) is 0. The summed E-state index contributed by atoms with van der Waals surface area (Å²) in [5.74, 6) is -0.882. The number of carbonyl (C=O) groups excluding carboxylic acids is 1. The molecule has 0 saturated carbocycles. The van der Waals surface area contributed by atoms with E-state index in [9.17, 15) is 14.4 Å². The molecule has 10 heteroatoms. The fourth-order valence-electron chi connectivity index (χ4n) is 3.44. The number of hydrogen-bond donors (Lipinski definition) is 3. The molecule has 0 radical (unpaired) electrons. The Kier molecular flexibility index (Phi) is 5.83. The van der Waals surface area contributed by atoms with Crippen molar-refractivity contribution >= 4 is 27.5 Å². The molecule has 1 atom stereocenters. The third-order valence-electron chi connectivity index (χ3n) is 4.90. The first-order valence-electron chi connectivity index (χ1n) is 9.47. The zero-order chi connectivity index (χ0) is 22.8. The molecule has 2 aromatic carbocycles. The number of amides is 1. The van der Waals surface area contributed by atoms with E-state index in [4.69, 9.17) is 15.2 Å². The molecule has 0 bridgehead atoms. The highest BCUT2D eigenvalue weighted by molar-refractivity contribution is 9.10. The highest BCUT2D eigenvalue weighted by Crippen LogP contribution is 2.43. The molecule has 162 valence electrons. The highest BCUT2D eigenvalue weighted by Gasteiger charge is 2.34. The third kappa shape index (κ3) is 4.15. The number of hydrogen-bond acceptors (Lipinski definition) is 6. The average Bonchev–Trinajstić information content (AvgIpc) is 3.13. The lowest BCUT2D eigenvalue weighted by atomic mass is 9.84. The number of aromatic nitrogens is 2. The molecule has 1 aliphatic rings. The molecular formula is C22H17BrFN5O3. The lowest BCUT2D eigenvalue weighted by Crippen LogP contribution is -2.22. The van der Waals surface area contributed by atoms with Gasteiger partial charge in [0.1, 0.15) is 23.2 Å². The average molecular weight is 498 g/mol. The smallest absolute Gasteiger partial charge is 0.262 e. The van der Waals surface area contributed by atoms with Crippen LogP contribution < -0.4 is 20.5 Å². The third-order valence-corrected chi connectivity index (χ3v) is 5.39. The van der Waals surface area contributed by atoms with Gasteiger partial charge in [-0.05, 0) is 42.8 Å². The van der Waals surface area contributed by atoms with E-state index in [0.29, 0.717) is 21.7 Å². The summed E-state index contributed by atoms with van der Waals surface area (Å²) in [6, 6.07) is 13.4. The van der Waals surface area contributed by atoms with E-state index < -0.39 is 17.6 Å². The number of anilines is 1. The minimum absolute atomic E-state index is 0.0151. The quantitative estimate of drug-likeness (QED) is 0.491. The van der Waals surface area contributed by atoms with Crippen LogP contribution in [0.5, 0.6) is 11.6 Å². The Morgan fingerprint density at radius 2 is 2.22 bits per heavy atom. The Labute approximate surface area is 191 Å². The molecule has 4 rings (SSSR count). The predicted molar refractivity (Wildman–Crippen MR) is 117 cm³/mol. The summed E-state index contributed by atoms with van der Waals surface area (Å²) in [5.41, 5.74) is 8.41. The number of aryl methyl sites for hydroxylation is 1. The Morgan fingerprint density at radius 1 is 1.41 bits per heavy atom. The number of carbonyl (C=O) groups is 1. The first kappa shape index (κ1) is 21.4. The summed E-state index contributed by atoms with van der Waals surface area (Å²) in [5, 5.41) is 19.1. The van der Waals surface area contributed by atoms with E-state index in [1.165, 1.54) is 12.1 Å². The summed E-state index contributed by atoms with van der Waals surface area (Å²) in [6.45, 7) is 1.50. The van der Waals surface area contributed by atoms with Gasteiger partial charge in [0.15, 0.2) is 6.61 Å². The van der Waals surface area contributed by atoms with Gasteiger partial charge in [-0.1, -0.05) is 28.1 Å². The van der Waals surface area contributed by atoms with Crippen molar-refractivity contribution in [2.45, 2.75) is 12.8 Å². The van der Waals surface area contributed by atoms with E-state index in [2.05, 4.69) is 37.5 Å². The monoisotopic (exact) mass is 497 g/mol. The van der Waals surface area contributed by atoms with Gasteiger partial charge in [-0.25, -0.2) is 4.39 Å². The molecule has 8 nitrogen and oxygen atoms in total. The predicted octanol–water partition coefficient (Wildman–Crippen LogP) is 3.86. The number of rotatable bonds is 5. The summed E-state index contributed by atoms with van der Waals surface area (Å²) >= 11 is 3.17. The van der Waals surface area contributed by atoms with E-state index in [-0.39, 0.29) is 23.8 Å². The van der Waals surface area contributed by atoms with Crippen molar-refractivity contribution in [3.63, 3.8) is 0 Å². The number of nitrogens with zero attached hydrogens (tertiary/aromatic N) is 2.